The molecule has 15 heteroatoms. The molecule has 0 bridgehead atoms. The molecule has 278 valence electrons. The fraction of sp³-hybridized carbons (Fsp3) is 0.405. The Hall–Kier alpha value is -3.72. The summed E-state index contributed by atoms with van der Waals surface area (Å²) >= 11 is 6.37. The molecule has 2 aliphatic heterocycles. The smallest absolute Gasteiger partial charge is 0.337 e. The number of carbonyl (C=O) groups is 1. The number of aromatic nitrogens is 1. The van der Waals surface area contributed by atoms with Crippen LogP contribution in [0.2, 0.25) is 5.02 Å². The zero-order valence-corrected chi connectivity index (χ0v) is 29.8. The number of amides is 1. The lowest BCUT2D eigenvalue weighted by Crippen LogP contribution is -2.46. The number of hydrogen-bond acceptors (Lipinski definition) is 6. The second-order valence-corrected chi connectivity index (χ2v) is 15.8. The second kappa shape index (κ2) is 15.0. The maximum atomic E-state index is 14.6. The van der Waals surface area contributed by atoms with E-state index in [1.165, 1.54) is 48.9 Å². The molecule has 4 aromatic rings. The zero-order valence-electron chi connectivity index (χ0n) is 28.2. The van der Waals surface area contributed by atoms with Gasteiger partial charge in [0.25, 0.3) is 5.91 Å². The average molecular weight is 767 g/mol. The average Bonchev–Trinajstić information content (AvgIpc) is 3.10. The molecular formula is C37H37ClF6N4O3S. The van der Waals surface area contributed by atoms with Crippen molar-refractivity contribution in [1.29, 1.82) is 0 Å². The Morgan fingerprint density at radius 3 is 2.21 bits per heavy atom. The third-order valence-corrected chi connectivity index (χ3v) is 11.4. The number of fused-ring (bicyclic) bond motifs is 1. The van der Waals surface area contributed by atoms with Gasteiger partial charge in [0.1, 0.15) is 0 Å². The van der Waals surface area contributed by atoms with Crippen molar-refractivity contribution in [2.75, 3.05) is 32.4 Å². The van der Waals surface area contributed by atoms with Crippen molar-refractivity contribution in [3.8, 4) is 11.3 Å². The van der Waals surface area contributed by atoms with Crippen LogP contribution < -0.4 is 5.32 Å². The van der Waals surface area contributed by atoms with E-state index in [9.17, 15) is 39.6 Å². The molecule has 6 rings (SSSR count). The topological polar surface area (TPSA) is 82.6 Å². The molecule has 2 aliphatic rings. The van der Waals surface area contributed by atoms with E-state index in [1.54, 1.807) is 0 Å². The van der Waals surface area contributed by atoms with Gasteiger partial charge in [0.05, 0.1) is 32.3 Å². The maximum absolute atomic E-state index is 14.6. The second-order valence-electron chi connectivity index (χ2n) is 13.4. The van der Waals surface area contributed by atoms with Crippen molar-refractivity contribution in [3.05, 3.63) is 94.0 Å². The van der Waals surface area contributed by atoms with E-state index in [2.05, 4.69) is 15.2 Å². The van der Waals surface area contributed by atoms with Crippen molar-refractivity contribution in [3.63, 3.8) is 0 Å². The number of likely N-dealkylation sites (tertiary alicyclic amines) is 2. The van der Waals surface area contributed by atoms with E-state index in [0.717, 1.165) is 69.3 Å². The van der Waals surface area contributed by atoms with E-state index < -0.39 is 39.7 Å². The Bertz CT molecular complexity index is 2050. The van der Waals surface area contributed by atoms with Crippen molar-refractivity contribution in [2.24, 2.45) is 0 Å². The quantitative estimate of drug-likeness (QED) is 0.181. The Morgan fingerprint density at radius 2 is 1.60 bits per heavy atom. The van der Waals surface area contributed by atoms with Gasteiger partial charge in [-0.15, -0.1) is 0 Å². The number of carbonyl (C=O) groups excluding carboxylic acids is 1. The maximum Gasteiger partial charge on any atom is 0.416 e. The third kappa shape index (κ3) is 8.40. The first-order chi connectivity index (χ1) is 24.5. The molecule has 2 saturated heterocycles. The summed E-state index contributed by atoms with van der Waals surface area (Å²) in [6.07, 6.45) is -3.81. The molecule has 1 aromatic heterocycles. The van der Waals surface area contributed by atoms with Gasteiger partial charge in [-0.2, -0.15) is 26.3 Å². The number of rotatable bonds is 8. The van der Waals surface area contributed by atoms with Crippen LogP contribution in [0.3, 0.4) is 0 Å². The normalized spacial score (nSPS) is 17.7. The van der Waals surface area contributed by atoms with Crippen LogP contribution in [0.15, 0.2) is 71.6 Å². The van der Waals surface area contributed by atoms with Crippen molar-refractivity contribution >= 4 is 38.2 Å². The molecular weight excluding hydrogens is 730 g/mol. The number of piperidine rings is 2. The number of sulfone groups is 1. The minimum atomic E-state index is -4.94. The number of hydrogen-bond donors (Lipinski definition) is 1. The van der Waals surface area contributed by atoms with Crippen LogP contribution >= 0.6 is 11.6 Å². The molecule has 52 heavy (non-hydrogen) atoms. The van der Waals surface area contributed by atoms with Crippen molar-refractivity contribution in [1.82, 2.24) is 20.1 Å². The largest absolute Gasteiger partial charge is 0.416 e. The van der Waals surface area contributed by atoms with Crippen LogP contribution in [0, 0.1) is 0 Å². The number of benzene rings is 3. The lowest BCUT2D eigenvalue weighted by molar-refractivity contribution is -0.155. The molecule has 0 saturated carbocycles. The highest BCUT2D eigenvalue weighted by atomic mass is 35.5. The molecule has 7 nitrogen and oxygen atoms in total. The standard InChI is InChI=1S/C37H37ClF6N4O3S/c1-52(50,51)31-20-27-30(21-29(31)38)45-33(24-11-8-12-25(19-24)36(39,40)41)28(22-47-17-13-26(14-18-47)48-15-6-3-7-16-48)32(27)35(49)46-34(37(42,43)44)23-9-4-2-5-10-23/h2,4-5,8-12,19-21,26,34H,3,6-7,13-18,22H2,1H3,(H,46,49)/t34-/m1/s1. The molecule has 3 aromatic carbocycles. The zero-order chi connectivity index (χ0) is 37.4. The number of pyridine rings is 1. The Labute approximate surface area is 302 Å². The van der Waals surface area contributed by atoms with Gasteiger partial charge in [-0.05, 0) is 81.7 Å². The van der Waals surface area contributed by atoms with Gasteiger partial charge >= 0.3 is 12.4 Å². The molecule has 1 amide bonds. The fourth-order valence-electron chi connectivity index (χ4n) is 7.24. The van der Waals surface area contributed by atoms with Crippen LogP contribution in [0.5, 0.6) is 0 Å². The number of alkyl halides is 6. The summed E-state index contributed by atoms with van der Waals surface area (Å²) in [7, 11) is -4.01. The predicted molar refractivity (Wildman–Crippen MR) is 187 cm³/mol. The van der Waals surface area contributed by atoms with Gasteiger partial charge in [-0.3, -0.25) is 9.69 Å². The highest BCUT2D eigenvalue weighted by Crippen LogP contribution is 2.39. The van der Waals surface area contributed by atoms with E-state index in [-0.39, 0.29) is 55.3 Å². The van der Waals surface area contributed by atoms with Gasteiger partial charge in [-0.25, -0.2) is 13.4 Å². The molecule has 1 N–H and O–H groups in total. The van der Waals surface area contributed by atoms with E-state index in [1.807, 2.05) is 4.90 Å². The lowest BCUT2D eigenvalue weighted by Gasteiger charge is -2.40. The molecule has 0 radical (unpaired) electrons. The number of nitrogens with one attached hydrogen (secondary N) is 1. The van der Waals surface area contributed by atoms with Gasteiger partial charge in [0.15, 0.2) is 15.9 Å². The molecule has 2 fully saturated rings. The van der Waals surface area contributed by atoms with Gasteiger partial charge in [0.2, 0.25) is 0 Å². The van der Waals surface area contributed by atoms with Crippen molar-refractivity contribution in [2.45, 2.75) is 68.0 Å². The Kier molecular flexibility index (Phi) is 10.9. The minimum absolute atomic E-state index is 0.0253. The Balaban J connectivity index is 1.54. The van der Waals surface area contributed by atoms with Crippen LogP contribution in [0.1, 0.15) is 65.2 Å². The van der Waals surface area contributed by atoms with Gasteiger partial charge in [-0.1, -0.05) is 60.5 Å². The first-order valence-electron chi connectivity index (χ1n) is 16.9. The van der Waals surface area contributed by atoms with E-state index >= 15 is 0 Å². The highest BCUT2D eigenvalue weighted by molar-refractivity contribution is 7.90. The minimum Gasteiger partial charge on any atom is -0.337 e. The van der Waals surface area contributed by atoms with Crippen LogP contribution in [0.25, 0.3) is 22.2 Å². The fourth-order valence-corrected chi connectivity index (χ4v) is 8.56. The molecule has 1 atom stereocenters. The number of nitrogens with zero attached hydrogens (tertiary/aromatic N) is 3. The summed E-state index contributed by atoms with van der Waals surface area (Å²) in [6, 6.07) is 11.2. The monoisotopic (exact) mass is 766 g/mol. The van der Waals surface area contributed by atoms with Gasteiger partial charge in [0, 0.05) is 35.4 Å². The van der Waals surface area contributed by atoms with Gasteiger partial charge < -0.3 is 10.2 Å². The first kappa shape index (κ1) is 38.0. The van der Waals surface area contributed by atoms with Crippen LogP contribution in [-0.2, 0) is 22.6 Å². The summed E-state index contributed by atoms with van der Waals surface area (Å²) in [4.78, 5) is 23.2. The Morgan fingerprint density at radius 1 is 0.923 bits per heavy atom. The van der Waals surface area contributed by atoms with E-state index in [0.29, 0.717) is 19.1 Å². The third-order valence-electron chi connectivity index (χ3n) is 9.81. The summed E-state index contributed by atoms with van der Waals surface area (Å²) < 4.78 is 111. The first-order valence-corrected chi connectivity index (χ1v) is 19.2. The number of halogens is 7. The van der Waals surface area contributed by atoms with Crippen LogP contribution in [0.4, 0.5) is 26.3 Å². The predicted octanol–water partition coefficient (Wildman–Crippen LogP) is 8.46. The summed E-state index contributed by atoms with van der Waals surface area (Å²) in [5.74, 6) is -1.20. The molecule has 0 aliphatic carbocycles. The summed E-state index contributed by atoms with van der Waals surface area (Å²) in [6.45, 7) is 3.04. The van der Waals surface area contributed by atoms with Crippen molar-refractivity contribution < 1.29 is 39.6 Å². The summed E-state index contributed by atoms with van der Waals surface area (Å²) in [5, 5.41) is 1.74. The molecule has 3 heterocycles. The van der Waals surface area contributed by atoms with Crippen LogP contribution in [-0.4, -0.2) is 73.8 Å². The SMILES string of the molecule is CS(=O)(=O)c1cc2c(C(=O)N[C@H](c3ccccc3)C(F)(F)F)c(CN3CCC(N4CCCCC4)CC3)c(-c3cccc(C(F)(F)F)c3)nc2cc1Cl. The molecule has 0 unspecified atom stereocenters. The van der Waals surface area contributed by atoms with E-state index in [4.69, 9.17) is 11.6 Å². The highest BCUT2D eigenvalue weighted by Gasteiger charge is 2.43. The summed E-state index contributed by atoms with van der Waals surface area (Å²) in [5.41, 5.74) is -1.67. The lowest BCUT2D eigenvalue weighted by atomic mass is 9.93. The molecule has 0 spiro atoms.